The number of esters is 1. The van der Waals surface area contributed by atoms with Crippen LogP contribution in [0.15, 0.2) is 16.0 Å². The van der Waals surface area contributed by atoms with Crippen LogP contribution >= 0.6 is 0 Å². The van der Waals surface area contributed by atoms with E-state index in [2.05, 4.69) is 41.6 Å². The minimum absolute atomic E-state index is 0.00233. The van der Waals surface area contributed by atoms with Crippen molar-refractivity contribution in [3.63, 3.8) is 0 Å². The van der Waals surface area contributed by atoms with Gasteiger partial charge in [-0.15, -0.1) is 0 Å². The highest BCUT2D eigenvalue weighted by atomic mass is 32.2. The van der Waals surface area contributed by atoms with Crippen molar-refractivity contribution >= 4 is 57.6 Å². The average molecular weight is 968 g/mol. The molecular weight excluding hydrogens is 895 g/mol. The molecule has 378 valence electrons. The molecule has 22 nitrogen and oxygen atoms in total. The first kappa shape index (κ1) is 57.4. The number of sulfonamides is 1. The summed E-state index contributed by atoms with van der Waals surface area (Å²) in [5, 5.41) is 15.4. The predicted molar refractivity (Wildman–Crippen MR) is 248 cm³/mol. The number of alkyl carbamates (subject to hydrolysis) is 1. The zero-order valence-corrected chi connectivity index (χ0v) is 42.0. The van der Waals surface area contributed by atoms with Gasteiger partial charge >= 0.3 is 12.1 Å². The number of benzene rings is 1. The van der Waals surface area contributed by atoms with Crippen LogP contribution in [-0.2, 0) is 53.0 Å². The molecule has 67 heavy (non-hydrogen) atoms. The Bertz CT molecular complexity index is 2090. The first-order valence-electron chi connectivity index (χ1n) is 22.1. The van der Waals surface area contributed by atoms with E-state index in [0.717, 1.165) is 0 Å². The molecule has 0 saturated carbocycles. The Morgan fingerprint density at radius 2 is 1.30 bits per heavy atom. The summed E-state index contributed by atoms with van der Waals surface area (Å²) in [4.78, 5) is 98.2. The topological polar surface area (TPSA) is 313 Å². The normalized spacial score (nSPS) is 19.6. The van der Waals surface area contributed by atoms with Crippen molar-refractivity contribution in [1.82, 2.24) is 36.6 Å². The fourth-order valence-corrected chi connectivity index (χ4v) is 7.99. The Morgan fingerprint density at radius 1 is 0.746 bits per heavy atom. The van der Waals surface area contributed by atoms with Crippen LogP contribution in [-0.4, -0.2) is 130 Å². The monoisotopic (exact) mass is 968 g/mol. The Labute approximate surface area is 394 Å². The number of aliphatic imine (C=N–C) groups is 1. The smallest absolute Gasteiger partial charge is 0.407 e. The van der Waals surface area contributed by atoms with Gasteiger partial charge in [0.2, 0.25) is 35.5 Å². The number of hydrogen-bond donors (Lipinski definition) is 8. The van der Waals surface area contributed by atoms with Crippen molar-refractivity contribution < 1.29 is 60.9 Å². The molecule has 0 aliphatic carbocycles. The summed E-state index contributed by atoms with van der Waals surface area (Å²) in [7, 11) is -2.71. The third kappa shape index (κ3) is 20.8. The number of rotatable bonds is 16. The van der Waals surface area contributed by atoms with E-state index < -0.39 is 112 Å². The molecule has 6 amide bonds. The molecule has 1 aliphatic heterocycles. The fraction of sp³-hybridized carbons (Fsp3) is 0.682. The lowest BCUT2D eigenvalue weighted by molar-refractivity contribution is -0.156. The molecule has 9 N–H and O–H groups in total. The first-order chi connectivity index (χ1) is 30.8. The minimum atomic E-state index is -4.19. The maximum absolute atomic E-state index is 14.1. The average Bonchev–Trinajstić information content (AvgIpc) is 3.17. The molecule has 1 saturated heterocycles. The Morgan fingerprint density at radius 3 is 1.88 bits per heavy atom. The lowest BCUT2D eigenvalue weighted by Crippen LogP contribution is -2.59. The highest BCUT2D eigenvalue weighted by molar-refractivity contribution is 7.90. The summed E-state index contributed by atoms with van der Waals surface area (Å²) in [5.74, 6) is -5.06. The van der Waals surface area contributed by atoms with Crippen LogP contribution in [0.1, 0.15) is 118 Å². The molecule has 0 spiro atoms. The molecule has 0 aromatic heterocycles. The van der Waals surface area contributed by atoms with Crippen LogP contribution in [0.4, 0.5) is 4.79 Å². The van der Waals surface area contributed by atoms with Crippen LogP contribution in [0.25, 0.3) is 0 Å². The van der Waals surface area contributed by atoms with Crippen molar-refractivity contribution in [3.05, 3.63) is 22.8 Å². The summed E-state index contributed by atoms with van der Waals surface area (Å²) >= 11 is 0. The zero-order chi connectivity index (χ0) is 51.1. The van der Waals surface area contributed by atoms with Crippen molar-refractivity contribution in [3.8, 4) is 5.75 Å². The van der Waals surface area contributed by atoms with Crippen LogP contribution in [0, 0.1) is 20.8 Å². The number of methoxy groups -OCH3 is 1. The van der Waals surface area contributed by atoms with Gasteiger partial charge in [0.15, 0.2) is 0 Å². The summed E-state index contributed by atoms with van der Waals surface area (Å²) < 4.78 is 51.0. The number of unbranched alkanes of at least 4 members (excludes halogenated alkanes) is 1. The number of amides is 6. The van der Waals surface area contributed by atoms with E-state index in [1.165, 1.54) is 7.11 Å². The lowest BCUT2D eigenvalue weighted by atomic mass is 10.1. The summed E-state index contributed by atoms with van der Waals surface area (Å²) in [6.07, 6.45) is -0.716. The highest BCUT2D eigenvalue weighted by Crippen LogP contribution is 2.30. The van der Waals surface area contributed by atoms with E-state index in [1.807, 2.05) is 0 Å². The van der Waals surface area contributed by atoms with Crippen LogP contribution in [0.2, 0.25) is 0 Å². The van der Waals surface area contributed by atoms with E-state index in [0.29, 0.717) is 28.9 Å². The third-order valence-electron chi connectivity index (χ3n) is 9.67. The Hall–Kier alpha value is -5.71. The highest BCUT2D eigenvalue weighted by Gasteiger charge is 2.35. The summed E-state index contributed by atoms with van der Waals surface area (Å²) in [6, 6.07) is -4.06. The molecule has 1 aliphatic rings. The van der Waals surface area contributed by atoms with Gasteiger partial charge in [0, 0.05) is 13.1 Å². The van der Waals surface area contributed by atoms with E-state index in [9.17, 15) is 42.0 Å². The van der Waals surface area contributed by atoms with Gasteiger partial charge in [-0.1, -0.05) is 0 Å². The van der Waals surface area contributed by atoms with Gasteiger partial charge < -0.3 is 56.6 Å². The number of carbonyl (C=O) groups excluding carboxylic acids is 7. The predicted octanol–water partition coefficient (Wildman–Crippen LogP) is 1.30. The molecule has 1 aromatic carbocycles. The number of nitrogens with two attached hydrogens (primary N) is 1. The van der Waals surface area contributed by atoms with E-state index in [4.69, 9.17) is 24.7 Å². The van der Waals surface area contributed by atoms with Crippen LogP contribution in [0.3, 0.4) is 0 Å². The number of nitrogens with zero attached hydrogens (tertiary/aromatic N) is 1. The van der Waals surface area contributed by atoms with E-state index in [-0.39, 0.29) is 50.3 Å². The van der Waals surface area contributed by atoms with Gasteiger partial charge in [-0.2, -0.15) is 0 Å². The maximum atomic E-state index is 14.1. The Balaban J connectivity index is 2.47. The van der Waals surface area contributed by atoms with Crippen LogP contribution in [0.5, 0.6) is 5.75 Å². The molecule has 0 radical (unpaired) electrons. The number of guanidine groups is 1. The van der Waals surface area contributed by atoms with Gasteiger partial charge in [0.05, 0.1) is 37.2 Å². The number of nitrogens with one attached hydrogen (secondary N) is 7. The van der Waals surface area contributed by atoms with Crippen molar-refractivity contribution in [2.45, 2.75) is 167 Å². The number of carbonyl (C=O) groups is 7. The fourth-order valence-electron chi connectivity index (χ4n) is 6.51. The van der Waals surface area contributed by atoms with Gasteiger partial charge in [0.25, 0.3) is 10.0 Å². The second kappa shape index (κ2) is 24.9. The van der Waals surface area contributed by atoms with Crippen molar-refractivity contribution in [1.29, 1.82) is 0 Å². The molecule has 0 unspecified atom stereocenters. The largest absolute Gasteiger partial charge is 0.496 e. The lowest BCUT2D eigenvalue weighted by Gasteiger charge is -2.28. The number of hydrogen-bond acceptors (Lipinski definition) is 14. The third-order valence-corrected chi connectivity index (χ3v) is 11.3. The summed E-state index contributed by atoms with van der Waals surface area (Å²) in [5.41, 5.74) is 5.05. The molecule has 1 aromatic rings. The quantitative estimate of drug-likeness (QED) is 0.0502. The van der Waals surface area contributed by atoms with Crippen molar-refractivity contribution in [2.24, 2.45) is 10.7 Å². The summed E-state index contributed by atoms with van der Waals surface area (Å²) in [6.45, 7) is 19.1. The van der Waals surface area contributed by atoms with Crippen molar-refractivity contribution in [2.75, 3.05) is 33.4 Å². The molecule has 1 heterocycles. The molecule has 0 bridgehead atoms. The van der Waals surface area contributed by atoms with Crippen LogP contribution < -0.4 is 47.1 Å². The van der Waals surface area contributed by atoms with E-state index in [1.54, 1.807) is 89.2 Å². The van der Waals surface area contributed by atoms with E-state index >= 15 is 0 Å². The number of ether oxygens (including phenoxy) is 4. The molecular formula is C44H73N9O13S. The molecule has 4 atom stereocenters. The minimum Gasteiger partial charge on any atom is -0.496 e. The maximum Gasteiger partial charge on any atom is 0.407 e. The second-order valence-corrected chi connectivity index (χ2v) is 20.8. The standard InChI is InChI=1S/C44H73N9O13S/c1-25-21-32(63-13)26(2)27(3)35(25)67(61,62)53-40(45)46-20-16-18-28-36(56)48-23-33(54)49-30(22-34(55)65-43(7,8)9)38(58)52-31(24-64-42(4,5)6)39(59)51-29(37(57)50-28)17-14-15-19-47-41(60)66-44(10,11)12/h21,28-31H,14-20,22-24H2,1-13H3,(H,47,60)(H,48,56)(H,49,54)(H,50,57)(H,51,59)(H,52,58)(H3,45,46,53)/t28-,29-,30-,31-/m0/s1. The molecule has 23 heteroatoms. The SMILES string of the molecule is COc1cc(C)c(S(=O)(=O)NC(N)=NCCC[C@@H]2NC(=O)[C@H](CCCCNC(=O)OC(C)(C)C)NC(=O)[C@H](COC(C)(C)C)NC(=O)[C@H](CC(=O)OC(C)(C)C)NC(=O)CNC2=O)c(C)c1C. The van der Waals surface area contributed by atoms with Gasteiger partial charge in [0.1, 0.15) is 41.1 Å². The first-order valence-corrected chi connectivity index (χ1v) is 23.6. The molecule has 2 rings (SSSR count). The van der Waals surface area contributed by atoms with Gasteiger partial charge in [-0.3, -0.25) is 33.8 Å². The number of aryl methyl sites for hydroxylation is 1. The second-order valence-electron chi connectivity index (χ2n) is 19.1. The van der Waals surface area contributed by atoms with Gasteiger partial charge in [-0.05, 0) is 138 Å². The molecule has 1 fully saturated rings. The Kier molecular flexibility index (Phi) is 21.3. The van der Waals surface area contributed by atoms with Gasteiger partial charge in [-0.25, -0.2) is 17.9 Å². The zero-order valence-electron chi connectivity index (χ0n) is 41.2.